The molecule has 208 valence electrons. The van der Waals surface area contributed by atoms with Crippen LogP contribution in [0.15, 0.2) is 60.7 Å². The zero-order valence-electron chi connectivity index (χ0n) is 24.5. The molecule has 0 unspecified atom stereocenters. The van der Waals surface area contributed by atoms with Crippen molar-refractivity contribution in [3.63, 3.8) is 0 Å². The molecule has 3 aromatic rings. The predicted octanol–water partition coefficient (Wildman–Crippen LogP) is 8.50. The van der Waals surface area contributed by atoms with Crippen LogP contribution in [0.2, 0.25) is 13.3 Å². The van der Waals surface area contributed by atoms with Crippen LogP contribution in [0.4, 0.5) is 0 Å². The number of methoxy groups -OCH3 is 2. The van der Waals surface area contributed by atoms with Crippen molar-refractivity contribution >= 4 is 22.1 Å². The van der Waals surface area contributed by atoms with Crippen molar-refractivity contribution in [3.05, 3.63) is 83.0 Å². The average molecular weight is 625 g/mol. The third-order valence-electron chi connectivity index (χ3n) is 7.72. The first-order valence-electron chi connectivity index (χ1n) is 14.3. The van der Waals surface area contributed by atoms with Gasteiger partial charge in [0.25, 0.3) is 0 Å². The van der Waals surface area contributed by atoms with Gasteiger partial charge in [0.1, 0.15) is 0 Å². The molecular weight excluding hydrogens is 575 g/mol. The van der Waals surface area contributed by atoms with E-state index in [1.165, 1.54) is 77.9 Å². The molecule has 1 heterocycles. The van der Waals surface area contributed by atoms with Crippen LogP contribution in [-0.2, 0) is 12.8 Å². The first-order valence-corrected chi connectivity index (χ1v) is 21.8. The van der Waals surface area contributed by atoms with Crippen molar-refractivity contribution in [3.8, 4) is 11.5 Å². The van der Waals surface area contributed by atoms with Crippen LogP contribution in [0.1, 0.15) is 81.7 Å². The first-order chi connectivity index (χ1) is 18.1. The van der Waals surface area contributed by atoms with E-state index in [1.807, 2.05) is 0 Å². The number of unbranched alkanes of at least 4 members (excludes halogenated alkanes) is 3. The van der Waals surface area contributed by atoms with E-state index in [1.54, 1.807) is 14.2 Å². The summed E-state index contributed by atoms with van der Waals surface area (Å²) < 4.78 is 16.6. The number of pyridine rings is 1. The van der Waals surface area contributed by atoms with Crippen molar-refractivity contribution in [1.29, 1.82) is 0 Å². The number of hydrogen-bond acceptors (Lipinski definition) is 4. The molecule has 0 saturated carbocycles. The molecule has 0 radical (unpaired) electrons. The molecule has 0 aliphatic carbocycles. The molecule has 4 nitrogen and oxygen atoms in total. The number of hydrogen-bond donors (Lipinski definition) is 1. The smallest absolute Gasteiger partial charge is 0.344 e. The molecule has 0 amide bonds. The van der Waals surface area contributed by atoms with Gasteiger partial charge in [0.2, 0.25) is 0 Å². The van der Waals surface area contributed by atoms with Gasteiger partial charge in [0, 0.05) is 0 Å². The summed E-state index contributed by atoms with van der Waals surface area (Å²) in [4.78, 5) is 5.61. The van der Waals surface area contributed by atoms with Crippen LogP contribution in [-0.4, -0.2) is 37.6 Å². The van der Waals surface area contributed by atoms with Gasteiger partial charge in [-0.3, -0.25) is 0 Å². The third-order valence-corrected chi connectivity index (χ3v) is 22.8. The molecule has 3 rings (SSSR count). The maximum absolute atomic E-state index is 5.61. The van der Waals surface area contributed by atoms with Crippen molar-refractivity contribution in [2.24, 2.45) is 0 Å². The van der Waals surface area contributed by atoms with E-state index in [9.17, 15) is 0 Å². The molecule has 0 atom stereocenters. The zero-order chi connectivity index (χ0) is 26.5. The molecule has 0 aliphatic rings. The van der Waals surface area contributed by atoms with Crippen LogP contribution in [0.5, 0.6) is 11.5 Å². The Morgan fingerprint density at radius 2 is 1.05 bits per heavy atom. The third kappa shape index (κ3) is 9.01. The molecule has 38 heavy (non-hydrogen) atoms. The fraction of sp³-hybridized carbons (Fsp3) is 0.485. The Morgan fingerprint density at radius 3 is 1.47 bits per heavy atom. The fourth-order valence-corrected chi connectivity index (χ4v) is 20.8. The second-order valence-corrected chi connectivity index (χ2v) is 23.5. The predicted molar refractivity (Wildman–Crippen MR) is 165 cm³/mol. The van der Waals surface area contributed by atoms with E-state index in [-0.39, 0.29) is 6.15 Å². The van der Waals surface area contributed by atoms with E-state index in [0.29, 0.717) is 0 Å². The van der Waals surface area contributed by atoms with E-state index in [4.69, 9.17) is 14.5 Å². The van der Waals surface area contributed by atoms with Crippen molar-refractivity contribution < 1.29 is 9.47 Å². The molecule has 0 spiro atoms. The molecule has 0 aliphatic heterocycles. The Morgan fingerprint density at radius 1 is 0.605 bits per heavy atom. The molecule has 0 bridgehead atoms. The Balaban J connectivity index is 0.00000507. The van der Waals surface area contributed by atoms with Gasteiger partial charge in [-0.25, -0.2) is 0 Å². The molecule has 0 fully saturated rings. The topological polar surface area (TPSA) is 66.3 Å². The maximum Gasteiger partial charge on any atom is -0.344 e. The second kappa shape index (κ2) is 16.8. The summed E-state index contributed by atoms with van der Waals surface area (Å²) in [5, 5.41) is 0. The van der Waals surface area contributed by atoms with Gasteiger partial charge in [-0.1, -0.05) is 0 Å². The Hall–Kier alpha value is -2.05. The van der Waals surface area contributed by atoms with Gasteiger partial charge < -0.3 is 6.15 Å². The molecular formula is C33H50N2O2Sn. The SMILES string of the molecule is CCC[CH2][Sn]([CH2]CCC)([CH2]CCC)[c]1ccc(Cc2ccc(OC)cc2)c(Cc2ccc(OC)cc2)n1.N. The van der Waals surface area contributed by atoms with Gasteiger partial charge in [0.15, 0.2) is 0 Å². The summed E-state index contributed by atoms with van der Waals surface area (Å²) in [7, 11) is 3.45. The summed E-state index contributed by atoms with van der Waals surface area (Å²) in [6.45, 7) is 7.03. The van der Waals surface area contributed by atoms with Crippen LogP contribution < -0.4 is 19.3 Å². The molecule has 5 heteroatoms. The summed E-state index contributed by atoms with van der Waals surface area (Å²) in [5.74, 6) is 1.80. The van der Waals surface area contributed by atoms with E-state index in [0.717, 1.165) is 24.3 Å². The van der Waals surface area contributed by atoms with Crippen molar-refractivity contribution in [2.75, 3.05) is 14.2 Å². The second-order valence-electron chi connectivity index (χ2n) is 10.4. The number of nitrogens with zero attached hydrogens (tertiary/aromatic N) is 1. The largest absolute Gasteiger partial charge is 0.344 e. The summed E-state index contributed by atoms with van der Waals surface area (Å²) in [5.41, 5.74) is 5.18. The van der Waals surface area contributed by atoms with Crippen LogP contribution in [0.25, 0.3) is 0 Å². The minimum Gasteiger partial charge on any atom is -0.344 e. The molecule has 1 aromatic heterocycles. The zero-order valence-corrected chi connectivity index (χ0v) is 27.4. The van der Waals surface area contributed by atoms with Gasteiger partial charge in [-0.2, -0.15) is 0 Å². The summed E-state index contributed by atoms with van der Waals surface area (Å²) >= 11 is -2.62. The van der Waals surface area contributed by atoms with Gasteiger partial charge in [-0.05, 0) is 0 Å². The van der Waals surface area contributed by atoms with Crippen molar-refractivity contribution in [2.45, 2.75) is 85.4 Å². The van der Waals surface area contributed by atoms with Crippen LogP contribution >= 0.6 is 0 Å². The number of rotatable bonds is 16. The Labute approximate surface area is 236 Å². The van der Waals surface area contributed by atoms with E-state index in [2.05, 4.69) is 81.4 Å². The van der Waals surface area contributed by atoms with E-state index >= 15 is 0 Å². The number of benzene rings is 2. The first kappa shape index (κ1) is 32.2. The molecule has 0 saturated heterocycles. The fourth-order valence-electron chi connectivity index (χ4n) is 5.34. The molecule has 3 N–H and O–H groups in total. The van der Waals surface area contributed by atoms with Crippen LogP contribution in [0.3, 0.4) is 0 Å². The van der Waals surface area contributed by atoms with E-state index < -0.39 is 18.4 Å². The average Bonchev–Trinajstić information content (AvgIpc) is 2.94. The summed E-state index contributed by atoms with van der Waals surface area (Å²) in [6, 6.07) is 21.8. The minimum atomic E-state index is -2.62. The minimum absolute atomic E-state index is 0. The molecule has 2 aromatic carbocycles. The monoisotopic (exact) mass is 626 g/mol. The standard InChI is InChI=1S/C21H20NO2.3C4H9.H3N.Sn/c1-23-19-9-5-16(6-10-19)14-18-4-3-13-22-21(18)15-17-7-11-20(24-2)12-8-17;3*1-3-4-2;;/h3-12H,14-15H2,1-2H3;3*1,3-4H2,2H3;1H3;. The normalized spacial score (nSPS) is 11.2. The number of ether oxygens (including phenoxy) is 2. The van der Waals surface area contributed by atoms with Crippen molar-refractivity contribution in [1.82, 2.24) is 11.1 Å². The van der Waals surface area contributed by atoms with Crippen LogP contribution in [0, 0.1) is 0 Å². The number of aromatic nitrogens is 1. The Bertz CT molecular complexity index is 1050. The van der Waals surface area contributed by atoms with Gasteiger partial charge >= 0.3 is 231 Å². The quantitative estimate of drug-likeness (QED) is 0.162. The van der Waals surface area contributed by atoms with Gasteiger partial charge in [-0.15, -0.1) is 0 Å². The maximum atomic E-state index is 5.61. The summed E-state index contributed by atoms with van der Waals surface area (Å²) in [6.07, 6.45) is 9.66. The Kier molecular flexibility index (Phi) is 14.2. The van der Waals surface area contributed by atoms with Gasteiger partial charge in [0.05, 0.1) is 0 Å².